The van der Waals surface area contributed by atoms with Crippen molar-refractivity contribution < 1.29 is 5.11 Å². The number of H-pyrrole nitrogens is 1. The fraction of sp³-hybridized carbons (Fsp3) is 0.263. The van der Waals surface area contributed by atoms with E-state index in [-0.39, 0.29) is 5.75 Å². The minimum atomic E-state index is 0.160. The molecule has 0 amide bonds. The molecule has 8 nitrogen and oxygen atoms in total. The Morgan fingerprint density at radius 1 is 1.07 bits per heavy atom. The molecule has 1 saturated heterocycles. The van der Waals surface area contributed by atoms with E-state index in [1.54, 1.807) is 30.9 Å². The van der Waals surface area contributed by atoms with Crippen molar-refractivity contribution in [2.45, 2.75) is 18.9 Å². The first-order valence-electron chi connectivity index (χ1n) is 9.03. The Bertz CT molecular complexity index is 1080. The zero-order chi connectivity index (χ0) is 18.2. The van der Waals surface area contributed by atoms with Gasteiger partial charge in [0.05, 0.1) is 30.3 Å². The lowest BCUT2D eigenvalue weighted by Crippen LogP contribution is -2.29. The number of nitrogens with zero attached hydrogens (tertiary/aromatic N) is 5. The van der Waals surface area contributed by atoms with Crippen molar-refractivity contribution in [3.8, 4) is 28.1 Å². The van der Waals surface area contributed by atoms with Crippen molar-refractivity contribution in [3.05, 3.63) is 43.0 Å². The second-order valence-electron chi connectivity index (χ2n) is 6.75. The van der Waals surface area contributed by atoms with Crippen LogP contribution in [0, 0.1) is 0 Å². The summed E-state index contributed by atoms with van der Waals surface area (Å²) in [6, 6.07) is 5.85. The van der Waals surface area contributed by atoms with Gasteiger partial charge in [-0.3, -0.25) is 5.10 Å². The Morgan fingerprint density at radius 2 is 1.96 bits per heavy atom. The molecule has 1 aromatic carbocycles. The molecule has 8 heteroatoms. The summed E-state index contributed by atoms with van der Waals surface area (Å²) in [6.07, 6.45) is 9.04. The molecule has 27 heavy (non-hydrogen) atoms. The van der Waals surface area contributed by atoms with Gasteiger partial charge >= 0.3 is 0 Å². The highest BCUT2D eigenvalue weighted by molar-refractivity contribution is 5.78. The summed E-state index contributed by atoms with van der Waals surface area (Å²) >= 11 is 0. The van der Waals surface area contributed by atoms with Gasteiger partial charge in [0.1, 0.15) is 11.3 Å². The van der Waals surface area contributed by atoms with Crippen LogP contribution in [0.3, 0.4) is 0 Å². The van der Waals surface area contributed by atoms with Gasteiger partial charge in [-0.1, -0.05) is 6.07 Å². The van der Waals surface area contributed by atoms with Crippen LogP contribution in [-0.4, -0.2) is 48.1 Å². The molecule has 3 N–H and O–H groups in total. The van der Waals surface area contributed by atoms with Crippen LogP contribution in [0.4, 0.5) is 0 Å². The molecule has 0 saturated carbocycles. The molecular weight excluding hydrogens is 342 g/mol. The maximum atomic E-state index is 10.5. The lowest BCUT2D eigenvalue weighted by atomic mass is 10.0. The summed E-state index contributed by atoms with van der Waals surface area (Å²) in [5.41, 5.74) is 4.61. The van der Waals surface area contributed by atoms with Gasteiger partial charge in [0.2, 0.25) is 0 Å². The van der Waals surface area contributed by atoms with Crippen LogP contribution in [0.2, 0.25) is 0 Å². The molecule has 5 rings (SSSR count). The Morgan fingerprint density at radius 3 is 2.74 bits per heavy atom. The molecule has 136 valence electrons. The number of phenols is 1. The molecule has 0 unspecified atom stereocenters. The molecule has 1 aliphatic rings. The number of nitrogens with one attached hydrogen (secondary N) is 2. The van der Waals surface area contributed by atoms with E-state index in [0.717, 1.165) is 48.2 Å². The topological polar surface area (TPSA) is 105 Å². The van der Waals surface area contributed by atoms with Gasteiger partial charge in [0, 0.05) is 17.3 Å². The van der Waals surface area contributed by atoms with Crippen molar-refractivity contribution in [2.75, 3.05) is 13.1 Å². The number of aromatic amines is 1. The Balaban J connectivity index is 1.50. The molecule has 0 spiro atoms. The van der Waals surface area contributed by atoms with Crippen LogP contribution in [-0.2, 0) is 0 Å². The number of aromatic hydroxyl groups is 1. The highest BCUT2D eigenvalue weighted by atomic mass is 16.3. The fourth-order valence-corrected chi connectivity index (χ4v) is 3.62. The normalized spacial score (nSPS) is 15.4. The summed E-state index contributed by atoms with van der Waals surface area (Å²) in [5.74, 6) is 0.160. The second-order valence-corrected chi connectivity index (χ2v) is 6.75. The predicted octanol–water partition coefficient (Wildman–Crippen LogP) is 2.51. The quantitative estimate of drug-likeness (QED) is 0.518. The van der Waals surface area contributed by atoms with E-state index in [4.69, 9.17) is 0 Å². The van der Waals surface area contributed by atoms with Gasteiger partial charge in [-0.2, -0.15) is 10.2 Å². The highest BCUT2D eigenvalue weighted by Gasteiger charge is 2.19. The van der Waals surface area contributed by atoms with Gasteiger partial charge in [-0.05, 0) is 43.6 Å². The van der Waals surface area contributed by atoms with Crippen molar-refractivity contribution in [2.24, 2.45) is 0 Å². The molecule has 0 bridgehead atoms. The minimum Gasteiger partial charge on any atom is -0.507 e. The zero-order valence-corrected chi connectivity index (χ0v) is 14.6. The number of piperidine rings is 1. The van der Waals surface area contributed by atoms with Crippen LogP contribution < -0.4 is 5.32 Å². The number of hydrogen-bond acceptors (Lipinski definition) is 6. The van der Waals surface area contributed by atoms with E-state index >= 15 is 0 Å². The van der Waals surface area contributed by atoms with Gasteiger partial charge in [0.25, 0.3) is 0 Å². The highest BCUT2D eigenvalue weighted by Crippen LogP contribution is 2.33. The SMILES string of the molecule is Oc1cc(-c2cn[nH]c2)ccc1-c1cnc2c(cnn2C2CCNCC2)n1. The standard InChI is InChI=1S/C19H19N7O/c27-18-7-12(13-8-22-23-9-13)1-2-15(18)16-10-21-19-17(25-16)11-24-26(19)14-3-5-20-6-4-14/h1-2,7-11,14,20,27H,3-6H2,(H,22,23). The summed E-state index contributed by atoms with van der Waals surface area (Å²) in [4.78, 5) is 9.27. The molecule has 1 fully saturated rings. The van der Waals surface area contributed by atoms with E-state index < -0.39 is 0 Å². The van der Waals surface area contributed by atoms with Crippen LogP contribution in [0.15, 0.2) is 43.0 Å². The van der Waals surface area contributed by atoms with Crippen molar-refractivity contribution >= 4 is 11.2 Å². The van der Waals surface area contributed by atoms with Gasteiger partial charge < -0.3 is 10.4 Å². The van der Waals surface area contributed by atoms with E-state index in [1.807, 2.05) is 16.8 Å². The third kappa shape index (κ3) is 2.83. The first-order chi connectivity index (χ1) is 13.3. The largest absolute Gasteiger partial charge is 0.507 e. The van der Waals surface area contributed by atoms with Gasteiger partial charge in [0.15, 0.2) is 5.65 Å². The number of rotatable bonds is 3. The second kappa shape index (κ2) is 6.48. The molecule has 4 aromatic rings. The van der Waals surface area contributed by atoms with Crippen LogP contribution in [0.25, 0.3) is 33.5 Å². The molecule has 0 radical (unpaired) electrons. The molecule has 3 aromatic heterocycles. The molecular formula is C19H19N7O. The van der Waals surface area contributed by atoms with Gasteiger partial charge in [-0.15, -0.1) is 0 Å². The third-order valence-electron chi connectivity index (χ3n) is 5.06. The number of hydrogen-bond donors (Lipinski definition) is 3. The van der Waals surface area contributed by atoms with Gasteiger partial charge in [-0.25, -0.2) is 14.6 Å². The maximum Gasteiger partial charge on any atom is 0.177 e. The Kier molecular flexibility index (Phi) is 3.83. The zero-order valence-electron chi connectivity index (χ0n) is 14.6. The van der Waals surface area contributed by atoms with Crippen LogP contribution in [0.5, 0.6) is 5.75 Å². The average Bonchev–Trinajstić information content (AvgIpc) is 3.38. The molecule has 0 aliphatic carbocycles. The molecule has 4 heterocycles. The third-order valence-corrected chi connectivity index (χ3v) is 5.06. The average molecular weight is 361 g/mol. The number of aromatic nitrogens is 6. The fourth-order valence-electron chi connectivity index (χ4n) is 3.62. The van der Waals surface area contributed by atoms with Crippen molar-refractivity contribution in [3.63, 3.8) is 0 Å². The predicted molar refractivity (Wildman–Crippen MR) is 101 cm³/mol. The van der Waals surface area contributed by atoms with E-state index in [1.165, 1.54) is 0 Å². The van der Waals surface area contributed by atoms with E-state index in [0.29, 0.717) is 17.3 Å². The number of fused-ring (bicyclic) bond motifs is 1. The summed E-state index contributed by atoms with van der Waals surface area (Å²) < 4.78 is 1.98. The lowest BCUT2D eigenvalue weighted by Gasteiger charge is -2.23. The number of phenolic OH excluding ortho intramolecular Hbond substituents is 1. The summed E-state index contributed by atoms with van der Waals surface area (Å²) in [6.45, 7) is 1.99. The molecule has 1 aliphatic heterocycles. The van der Waals surface area contributed by atoms with Crippen molar-refractivity contribution in [1.29, 1.82) is 0 Å². The lowest BCUT2D eigenvalue weighted by molar-refractivity contribution is 0.350. The maximum absolute atomic E-state index is 10.5. The minimum absolute atomic E-state index is 0.160. The first-order valence-corrected chi connectivity index (χ1v) is 9.03. The van der Waals surface area contributed by atoms with E-state index in [2.05, 4.69) is 30.6 Å². The van der Waals surface area contributed by atoms with Crippen LogP contribution in [0.1, 0.15) is 18.9 Å². The summed E-state index contributed by atoms with van der Waals surface area (Å²) in [5, 5.41) is 25.1. The Hall–Kier alpha value is -3.26. The van der Waals surface area contributed by atoms with Crippen LogP contribution >= 0.6 is 0 Å². The smallest absolute Gasteiger partial charge is 0.177 e. The van der Waals surface area contributed by atoms with E-state index in [9.17, 15) is 5.11 Å². The monoisotopic (exact) mass is 361 g/mol. The number of benzene rings is 1. The summed E-state index contributed by atoms with van der Waals surface area (Å²) in [7, 11) is 0. The first kappa shape index (κ1) is 16.0. The molecule has 0 atom stereocenters. The Labute approximate surface area is 155 Å². The van der Waals surface area contributed by atoms with Crippen molar-refractivity contribution in [1.82, 2.24) is 35.3 Å².